The van der Waals surface area contributed by atoms with E-state index in [1.165, 1.54) is 5.69 Å². The number of carbonyl (C=O) groups is 1. The van der Waals surface area contributed by atoms with Crippen LogP contribution in [0.5, 0.6) is 0 Å². The Hall–Kier alpha value is -2.89. The smallest absolute Gasteiger partial charge is 0.410 e. The molecule has 1 saturated heterocycles. The minimum absolute atomic E-state index is 0.224. The zero-order valence-corrected chi connectivity index (χ0v) is 16.6. The highest BCUT2D eigenvalue weighted by Crippen LogP contribution is 2.31. The molecule has 1 aliphatic rings. The molecular weight excluding hydrogens is 352 g/mol. The Morgan fingerprint density at radius 1 is 1.14 bits per heavy atom. The Labute approximate surface area is 165 Å². The maximum absolute atomic E-state index is 12.3. The molecule has 146 valence electrons. The number of aromatic nitrogens is 3. The van der Waals surface area contributed by atoms with Crippen LogP contribution >= 0.6 is 0 Å². The number of rotatable bonds is 2. The maximum Gasteiger partial charge on any atom is 0.410 e. The van der Waals surface area contributed by atoms with E-state index in [0.717, 1.165) is 24.1 Å². The predicted molar refractivity (Wildman–Crippen MR) is 108 cm³/mol. The monoisotopic (exact) mass is 378 g/mol. The first-order chi connectivity index (χ1) is 13.4. The molecule has 4 rings (SSSR count). The van der Waals surface area contributed by atoms with Gasteiger partial charge in [0, 0.05) is 42.7 Å². The van der Waals surface area contributed by atoms with E-state index in [-0.39, 0.29) is 6.09 Å². The lowest BCUT2D eigenvalue weighted by molar-refractivity contribution is 0.0204. The molecular formula is C22H26N4O2. The van der Waals surface area contributed by atoms with E-state index < -0.39 is 5.60 Å². The number of hydrogen-bond donors (Lipinski definition) is 0. The molecule has 0 N–H and O–H groups in total. The molecule has 2 aromatic heterocycles. The van der Waals surface area contributed by atoms with Gasteiger partial charge in [0.25, 0.3) is 0 Å². The molecule has 0 aliphatic carbocycles. The molecule has 6 heteroatoms. The molecule has 3 aromatic rings. The van der Waals surface area contributed by atoms with Crippen LogP contribution in [0.1, 0.15) is 45.2 Å². The van der Waals surface area contributed by atoms with Crippen molar-refractivity contribution >= 4 is 11.9 Å². The average molecular weight is 378 g/mol. The summed E-state index contributed by atoms with van der Waals surface area (Å²) >= 11 is 0. The van der Waals surface area contributed by atoms with Gasteiger partial charge in [-0.05, 0) is 39.7 Å². The SMILES string of the molecule is CC(C)(C)OC(=O)N1CCC(c2cc(-c3ccccc3)nc3nccn23)CC1. The molecule has 0 atom stereocenters. The molecule has 1 amide bonds. The van der Waals surface area contributed by atoms with Crippen molar-refractivity contribution in [1.82, 2.24) is 19.3 Å². The van der Waals surface area contributed by atoms with Gasteiger partial charge < -0.3 is 9.64 Å². The van der Waals surface area contributed by atoms with Crippen molar-refractivity contribution in [1.29, 1.82) is 0 Å². The maximum atomic E-state index is 12.3. The zero-order valence-electron chi connectivity index (χ0n) is 16.6. The van der Waals surface area contributed by atoms with Gasteiger partial charge in [0.2, 0.25) is 5.78 Å². The largest absolute Gasteiger partial charge is 0.444 e. The second kappa shape index (κ2) is 7.26. The van der Waals surface area contributed by atoms with Crippen LogP contribution in [0.15, 0.2) is 48.8 Å². The lowest BCUT2D eigenvalue weighted by Crippen LogP contribution is -2.41. The molecule has 1 aromatic carbocycles. The van der Waals surface area contributed by atoms with Gasteiger partial charge in [0.15, 0.2) is 0 Å². The molecule has 1 fully saturated rings. The highest BCUT2D eigenvalue weighted by molar-refractivity contribution is 5.68. The molecule has 0 spiro atoms. The molecule has 0 saturated carbocycles. The van der Waals surface area contributed by atoms with Gasteiger partial charge in [0.05, 0.1) is 5.69 Å². The first-order valence-corrected chi connectivity index (χ1v) is 9.78. The Morgan fingerprint density at radius 2 is 1.86 bits per heavy atom. The van der Waals surface area contributed by atoms with Gasteiger partial charge in [0.1, 0.15) is 5.60 Å². The van der Waals surface area contributed by atoms with E-state index in [1.54, 1.807) is 6.20 Å². The number of imidazole rings is 1. The van der Waals surface area contributed by atoms with Crippen molar-refractivity contribution in [3.8, 4) is 11.3 Å². The van der Waals surface area contributed by atoms with Crippen molar-refractivity contribution in [2.75, 3.05) is 13.1 Å². The van der Waals surface area contributed by atoms with Crippen LogP contribution in [0.2, 0.25) is 0 Å². The number of benzene rings is 1. The van der Waals surface area contributed by atoms with Crippen LogP contribution in [0.25, 0.3) is 17.0 Å². The number of likely N-dealkylation sites (tertiary alicyclic amines) is 1. The molecule has 3 heterocycles. The van der Waals surface area contributed by atoms with Gasteiger partial charge in [-0.2, -0.15) is 0 Å². The van der Waals surface area contributed by atoms with Crippen molar-refractivity contribution in [2.24, 2.45) is 0 Å². The Bertz CT molecular complexity index is 967. The highest BCUT2D eigenvalue weighted by atomic mass is 16.6. The first-order valence-electron chi connectivity index (χ1n) is 9.78. The van der Waals surface area contributed by atoms with Crippen LogP contribution in [-0.4, -0.2) is 44.1 Å². The Morgan fingerprint density at radius 3 is 2.54 bits per heavy atom. The Balaban J connectivity index is 1.57. The minimum atomic E-state index is -0.466. The van der Waals surface area contributed by atoms with Gasteiger partial charge in [-0.25, -0.2) is 14.8 Å². The van der Waals surface area contributed by atoms with Crippen LogP contribution < -0.4 is 0 Å². The quantitative estimate of drug-likeness (QED) is 0.658. The van der Waals surface area contributed by atoms with Crippen molar-refractivity contribution < 1.29 is 9.53 Å². The molecule has 28 heavy (non-hydrogen) atoms. The van der Waals surface area contributed by atoms with E-state index in [1.807, 2.05) is 50.1 Å². The third kappa shape index (κ3) is 3.86. The number of nitrogens with zero attached hydrogens (tertiary/aromatic N) is 4. The molecule has 0 radical (unpaired) electrons. The van der Waals surface area contributed by atoms with Crippen LogP contribution in [0.3, 0.4) is 0 Å². The topological polar surface area (TPSA) is 59.7 Å². The summed E-state index contributed by atoms with van der Waals surface area (Å²) in [6.07, 6.45) is 5.32. The summed E-state index contributed by atoms with van der Waals surface area (Å²) in [7, 11) is 0. The zero-order chi connectivity index (χ0) is 19.7. The van der Waals surface area contributed by atoms with Crippen molar-refractivity contribution in [3.05, 3.63) is 54.5 Å². The minimum Gasteiger partial charge on any atom is -0.444 e. The summed E-state index contributed by atoms with van der Waals surface area (Å²) < 4.78 is 7.58. The summed E-state index contributed by atoms with van der Waals surface area (Å²) in [6.45, 7) is 7.08. The van der Waals surface area contributed by atoms with Crippen LogP contribution in [0.4, 0.5) is 4.79 Å². The fraction of sp³-hybridized carbons (Fsp3) is 0.409. The lowest BCUT2D eigenvalue weighted by atomic mass is 9.92. The van der Waals surface area contributed by atoms with E-state index in [4.69, 9.17) is 9.72 Å². The Kier molecular flexibility index (Phi) is 4.79. The second-order valence-electron chi connectivity index (χ2n) is 8.27. The number of ether oxygens (including phenoxy) is 1. The highest BCUT2D eigenvalue weighted by Gasteiger charge is 2.28. The number of amides is 1. The number of carbonyl (C=O) groups excluding carboxylic acids is 1. The third-order valence-electron chi connectivity index (χ3n) is 5.04. The van der Waals surface area contributed by atoms with E-state index in [9.17, 15) is 4.79 Å². The van der Waals surface area contributed by atoms with Crippen molar-refractivity contribution in [3.63, 3.8) is 0 Å². The summed E-state index contributed by atoms with van der Waals surface area (Å²) in [5.41, 5.74) is 2.75. The van der Waals surface area contributed by atoms with Crippen LogP contribution in [-0.2, 0) is 4.74 Å². The van der Waals surface area contributed by atoms with E-state index >= 15 is 0 Å². The molecule has 1 aliphatic heterocycles. The summed E-state index contributed by atoms with van der Waals surface area (Å²) in [6, 6.07) is 12.3. The molecule has 0 bridgehead atoms. The fourth-order valence-electron chi connectivity index (χ4n) is 3.69. The average Bonchev–Trinajstić information content (AvgIpc) is 3.15. The standard InChI is InChI=1S/C22H26N4O2/c1-22(2,3)28-21(27)25-12-9-17(10-13-25)19-15-18(16-7-5-4-6-8-16)24-20-23-11-14-26(19)20/h4-8,11,14-15,17H,9-10,12-13H2,1-3H3. The first kappa shape index (κ1) is 18.5. The van der Waals surface area contributed by atoms with Gasteiger partial charge >= 0.3 is 6.09 Å². The molecule has 0 unspecified atom stereocenters. The normalized spacial score (nSPS) is 15.8. The van der Waals surface area contributed by atoms with Crippen molar-refractivity contribution in [2.45, 2.75) is 45.1 Å². The fourth-order valence-corrected chi connectivity index (χ4v) is 3.69. The molecule has 6 nitrogen and oxygen atoms in total. The summed E-state index contributed by atoms with van der Waals surface area (Å²) in [5, 5.41) is 0. The number of hydrogen-bond acceptors (Lipinski definition) is 4. The number of piperidine rings is 1. The summed E-state index contributed by atoms with van der Waals surface area (Å²) in [4.78, 5) is 23.3. The van der Waals surface area contributed by atoms with E-state index in [2.05, 4.69) is 27.6 Å². The second-order valence-corrected chi connectivity index (χ2v) is 8.27. The lowest BCUT2D eigenvalue weighted by Gasteiger charge is -2.33. The third-order valence-corrected chi connectivity index (χ3v) is 5.04. The predicted octanol–water partition coefficient (Wildman–Crippen LogP) is 4.51. The van der Waals surface area contributed by atoms with Gasteiger partial charge in [-0.3, -0.25) is 4.40 Å². The van der Waals surface area contributed by atoms with E-state index in [0.29, 0.717) is 24.8 Å². The van der Waals surface area contributed by atoms with Gasteiger partial charge in [-0.1, -0.05) is 30.3 Å². The number of fused-ring (bicyclic) bond motifs is 1. The van der Waals surface area contributed by atoms with Crippen LogP contribution in [0, 0.1) is 0 Å². The summed E-state index contributed by atoms with van der Waals surface area (Å²) in [5.74, 6) is 1.06. The van der Waals surface area contributed by atoms with Gasteiger partial charge in [-0.15, -0.1) is 0 Å².